The predicted molar refractivity (Wildman–Crippen MR) is 92.9 cm³/mol. The van der Waals surface area contributed by atoms with Crippen molar-refractivity contribution >= 4 is 23.0 Å². The van der Waals surface area contributed by atoms with E-state index in [9.17, 15) is 4.79 Å². The summed E-state index contributed by atoms with van der Waals surface area (Å²) < 4.78 is 5.20. The molecule has 0 spiro atoms. The summed E-state index contributed by atoms with van der Waals surface area (Å²) in [6, 6.07) is 7.53. The number of hydroxylamine groups is 1. The first-order chi connectivity index (χ1) is 12.7. The van der Waals surface area contributed by atoms with Crippen LogP contribution in [0.4, 0.5) is 5.95 Å². The van der Waals surface area contributed by atoms with E-state index in [2.05, 4.69) is 19.9 Å². The van der Waals surface area contributed by atoms with E-state index in [4.69, 9.17) is 9.94 Å². The molecule has 3 heterocycles. The quantitative estimate of drug-likeness (QED) is 0.527. The van der Waals surface area contributed by atoms with E-state index in [0.29, 0.717) is 42.3 Å². The second-order valence-electron chi connectivity index (χ2n) is 6.05. The van der Waals surface area contributed by atoms with Crippen molar-refractivity contribution in [3.05, 3.63) is 30.6 Å². The molecule has 9 heteroatoms. The fraction of sp³-hybridized carbons (Fsp3) is 0.294. The number of carbonyl (C=O) groups is 1. The molecule has 2 aromatic heterocycles. The maximum absolute atomic E-state index is 11.6. The third-order valence-corrected chi connectivity index (χ3v) is 4.54. The van der Waals surface area contributed by atoms with Crippen LogP contribution in [-0.2, 0) is 4.79 Å². The highest BCUT2D eigenvalue weighted by Crippen LogP contribution is 2.29. The van der Waals surface area contributed by atoms with E-state index in [1.54, 1.807) is 12.6 Å². The van der Waals surface area contributed by atoms with E-state index in [0.717, 1.165) is 11.3 Å². The Kier molecular flexibility index (Phi) is 4.13. The van der Waals surface area contributed by atoms with Crippen LogP contribution >= 0.6 is 0 Å². The average molecular weight is 353 g/mol. The van der Waals surface area contributed by atoms with E-state index >= 15 is 0 Å². The Hall–Kier alpha value is -3.20. The zero-order chi connectivity index (χ0) is 18.1. The molecular formula is C17H17N6O3-. The fourth-order valence-corrected chi connectivity index (χ4v) is 3.12. The lowest BCUT2D eigenvalue weighted by atomic mass is 10.1. The largest absolute Gasteiger partial charge is 0.497 e. The lowest BCUT2D eigenvalue weighted by Crippen LogP contribution is -2.31. The standard InChI is InChI=1S/C17H18N6O3/c1-26-12-4-2-10(3-5-12)13-14-15(19-9-18-14)21-17(20-13)23-7-6-11(8-23)16(24)22-25/h2-5,9,11H,6-8H2,1H3,(H3,18,19,20,21,22,24,25)/p-1. The van der Waals surface area contributed by atoms with Gasteiger partial charge in [-0.1, -0.05) is 0 Å². The summed E-state index contributed by atoms with van der Waals surface area (Å²) in [5.41, 5.74) is 4.41. The van der Waals surface area contributed by atoms with Gasteiger partial charge < -0.3 is 24.6 Å². The smallest absolute Gasteiger partial charge is 0.248 e. The van der Waals surface area contributed by atoms with Crippen LogP contribution in [0.25, 0.3) is 22.4 Å². The molecule has 1 aliphatic heterocycles. The second-order valence-corrected chi connectivity index (χ2v) is 6.05. The Morgan fingerprint density at radius 1 is 1.35 bits per heavy atom. The Bertz CT molecular complexity index is 939. The van der Waals surface area contributed by atoms with Crippen LogP contribution < -0.4 is 20.1 Å². The van der Waals surface area contributed by atoms with Gasteiger partial charge in [-0.2, -0.15) is 0 Å². The van der Waals surface area contributed by atoms with E-state index in [-0.39, 0.29) is 5.92 Å². The molecule has 3 aromatic rings. The lowest BCUT2D eigenvalue weighted by Gasteiger charge is -2.20. The van der Waals surface area contributed by atoms with Crippen LogP contribution in [0.3, 0.4) is 0 Å². The van der Waals surface area contributed by atoms with Crippen molar-refractivity contribution in [3.63, 3.8) is 0 Å². The lowest BCUT2D eigenvalue weighted by molar-refractivity contribution is -0.132. The summed E-state index contributed by atoms with van der Waals surface area (Å²) in [7, 11) is 1.62. The van der Waals surface area contributed by atoms with Crippen molar-refractivity contribution < 1.29 is 14.7 Å². The first-order valence-corrected chi connectivity index (χ1v) is 8.18. The number of ether oxygens (including phenoxy) is 1. The van der Waals surface area contributed by atoms with Gasteiger partial charge in [0.15, 0.2) is 5.95 Å². The number of hydrogen-bond acceptors (Lipinski definition) is 7. The molecule has 1 unspecified atom stereocenters. The van der Waals surface area contributed by atoms with Gasteiger partial charge >= 0.3 is 0 Å². The number of fused-ring (bicyclic) bond motifs is 1. The summed E-state index contributed by atoms with van der Waals surface area (Å²) in [5.74, 6) is 0.564. The number of aromatic nitrogens is 4. The molecule has 1 saturated heterocycles. The highest BCUT2D eigenvalue weighted by atomic mass is 16.5. The Balaban J connectivity index is 1.72. The van der Waals surface area contributed by atoms with Crippen molar-refractivity contribution in [1.82, 2.24) is 25.4 Å². The van der Waals surface area contributed by atoms with Crippen LogP contribution in [-0.4, -0.2) is 46.3 Å². The maximum Gasteiger partial charge on any atom is 0.248 e. The van der Waals surface area contributed by atoms with Gasteiger partial charge in [0, 0.05) is 29.8 Å². The van der Waals surface area contributed by atoms with Crippen molar-refractivity contribution in [3.8, 4) is 17.0 Å². The molecule has 4 rings (SSSR count). The van der Waals surface area contributed by atoms with Crippen molar-refractivity contribution in [2.24, 2.45) is 5.92 Å². The van der Waals surface area contributed by atoms with Gasteiger partial charge in [-0.3, -0.25) is 10.0 Å². The normalized spacial score (nSPS) is 16.8. The summed E-state index contributed by atoms with van der Waals surface area (Å²) in [6.45, 7) is 1.06. The first-order valence-electron chi connectivity index (χ1n) is 8.18. The molecule has 1 atom stereocenters. The molecule has 1 aromatic carbocycles. The number of nitrogens with one attached hydrogen (secondary N) is 1. The number of imidazole rings is 1. The zero-order valence-electron chi connectivity index (χ0n) is 14.1. The van der Waals surface area contributed by atoms with Gasteiger partial charge in [-0.15, -0.1) is 0 Å². The number of anilines is 1. The van der Waals surface area contributed by atoms with Crippen LogP contribution in [0.1, 0.15) is 6.42 Å². The molecule has 0 saturated carbocycles. The SMILES string of the molecule is COc1ccc(-c2nc(N3CCC(C(=O)NO)C3)nc3[n-]cnc23)cc1. The number of nitrogens with zero attached hydrogens (tertiary/aromatic N) is 5. The van der Waals surface area contributed by atoms with Gasteiger partial charge in [-0.25, -0.2) is 10.5 Å². The zero-order valence-corrected chi connectivity index (χ0v) is 14.1. The van der Waals surface area contributed by atoms with Gasteiger partial charge in [0.1, 0.15) is 5.75 Å². The molecular weight excluding hydrogens is 336 g/mol. The third kappa shape index (κ3) is 2.82. The van der Waals surface area contributed by atoms with Crippen LogP contribution in [0.5, 0.6) is 5.75 Å². The predicted octanol–water partition coefficient (Wildman–Crippen LogP) is 0.989. The van der Waals surface area contributed by atoms with Gasteiger partial charge in [0.25, 0.3) is 0 Å². The summed E-state index contributed by atoms with van der Waals surface area (Å²) in [5, 5.41) is 8.82. The Morgan fingerprint density at radius 3 is 2.88 bits per heavy atom. The molecule has 134 valence electrons. The highest BCUT2D eigenvalue weighted by molar-refractivity contribution is 5.88. The fourth-order valence-electron chi connectivity index (χ4n) is 3.12. The second kappa shape index (κ2) is 6.60. The molecule has 1 fully saturated rings. The molecule has 1 aliphatic rings. The number of amides is 1. The first kappa shape index (κ1) is 16.3. The van der Waals surface area contributed by atoms with E-state index < -0.39 is 5.91 Å². The van der Waals surface area contributed by atoms with Crippen molar-refractivity contribution in [2.45, 2.75) is 6.42 Å². The number of methoxy groups -OCH3 is 1. The molecule has 1 amide bonds. The van der Waals surface area contributed by atoms with Crippen LogP contribution in [0.15, 0.2) is 30.6 Å². The molecule has 26 heavy (non-hydrogen) atoms. The molecule has 2 N–H and O–H groups in total. The Labute approximate surface area is 149 Å². The average Bonchev–Trinajstić information content (AvgIpc) is 3.36. The number of rotatable bonds is 4. The number of benzene rings is 1. The minimum absolute atomic E-state index is 0.297. The van der Waals surface area contributed by atoms with Crippen molar-refractivity contribution in [2.75, 3.05) is 25.1 Å². The third-order valence-electron chi connectivity index (χ3n) is 4.54. The summed E-state index contributed by atoms with van der Waals surface area (Å²) in [4.78, 5) is 31.2. The molecule has 0 bridgehead atoms. The molecule has 0 aliphatic carbocycles. The number of hydrogen-bond donors (Lipinski definition) is 2. The topological polar surface area (TPSA) is 115 Å². The minimum atomic E-state index is -0.392. The van der Waals surface area contributed by atoms with Gasteiger partial charge in [0.05, 0.1) is 18.7 Å². The highest BCUT2D eigenvalue weighted by Gasteiger charge is 2.29. The molecule has 0 radical (unpaired) electrons. The van der Waals surface area contributed by atoms with E-state index in [1.807, 2.05) is 29.2 Å². The van der Waals surface area contributed by atoms with Crippen LogP contribution in [0.2, 0.25) is 0 Å². The summed E-state index contributed by atoms with van der Waals surface area (Å²) in [6.07, 6.45) is 2.08. The van der Waals surface area contributed by atoms with Crippen LogP contribution in [0, 0.1) is 5.92 Å². The monoisotopic (exact) mass is 353 g/mol. The van der Waals surface area contributed by atoms with Gasteiger partial charge in [-0.05, 0) is 37.0 Å². The van der Waals surface area contributed by atoms with Crippen molar-refractivity contribution in [1.29, 1.82) is 0 Å². The van der Waals surface area contributed by atoms with E-state index in [1.165, 1.54) is 6.33 Å². The molecule has 9 nitrogen and oxygen atoms in total. The number of carbonyl (C=O) groups excluding carboxylic acids is 1. The summed E-state index contributed by atoms with van der Waals surface area (Å²) >= 11 is 0. The Morgan fingerprint density at radius 2 is 2.15 bits per heavy atom. The minimum Gasteiger partial charge on any atom is -0.497 e. The van der Waals surface area contributed by atoms with Gasteiger partial charge in [0.2, 0.25) is 5.91 Å². The maximum atomic E-state index is 11.6.